The number of nitrogens with zero attached hydrogens (tertiary/aromatic N) is 6. The molecule has 0 unspecified atom stereocenters. The molecule has 0 aliphatic heterocycles. The second-order valence-electron chi connectivity index (χ2n) is 3.48. The summed E-state index contributed by atoms with van der Waals surface area (Å²) in [6, 6.07) is 1.65. The summed E-state index contributed by atoms with van der Waals surface area (Å²) >= 11 is 0. The van der Waals surface area contributed by atoms with Crippen LogP contribution < -0.4 is 0 Å². The molecule has 4 rings (SSSR count). The maximum atomic E-state index is 5.26. The fourth-order valence-electron chi connectivity index (χ4n) is 1.63. The van der Waals surface area contributed by atoms with E-state index in [0.29, 0.717) is 33.7 Å². The summed E-state index contributed by atoms with van der Waals surface area (Å²) in [6.07, 6.45) is 5.18. The van der Waals surface area contributed by atoms with E-state index in [-0.39, 0.29) is 0 Å². The molecule has 8 nitrogen and oxygen atoms in total. The van der Waals surface area contributed by atoms with Gasteiger partial charge in [-0.15, -0.1) is 15.3 Å². The number of hydrogen-bond donors (Lipinski definition) is 0. The Hall–Kier alpha value is -2.90. The van der Waals surface area contributed by atoms with Gasteiger partial charge < -0.3 is 8.83 Å². The van der Waals surface area contributed by atoms with Gasteiger partial charge in [0.2, 0.25) is 5.65 Å². The van der Waals surface area contributed by atoms with Gasteiger partial charge in [0.15, 0.2) is 23.3 Å². The lowest BCUT2D eigenvalue weighted by Gasteiger charge is -1.97. The molecule has 0 bridgehead atoms. The molecule has 0 aliphatic rings. The lowest BCUT2D eigenvalue weighted by Crippen LogP contribution is -1.93. The van der Waals surface area contributed by atoms with Gasteiger partial charge in [0.05, 0.1) is 6.20 Å². The molecule has 0 spiro atoms. The Balaban J connectivity index is 2.03. The van der Waals surface area contributed by atoms with Gasteiger partial charge in [-0.2, -0.15) is 10.1 Å². The van der Waals surface area contributed by atoms with Gasteiger partial charge >= 0.3 is 0 Å². The fourth-order valence-corrected chi connectivity index (χ4v) is 1.63. The van der Waals surface area contributed by atoms with E-state index in [9.17, 15) is 0 Å². The summed E-state index contributed by atoms with van der Waals surface area (Å²) in [6.45, 7) is 0. The maximum Gasteiger partial charge on any atom is 0.286 e. The number of oxazole rings is 2. The van der Waals surface area contributed by atoms with Gasteiger partial charge in [-0.25, -0.2) is 4.98 Å². The Morgan fingerprint density at radius 1 is 1.17 bits per heavy atom. The van der Waals surface area contributed by atoms with Crippen molar-refractivity contribution in [2.24, 2.45) is 0 Å². The van der Waals surface area contributed by atoms with E-state index >= 15 is 0 Å². The molecule has 0 saturated heterocycles. The van der Waals surface area contributed by atoms with E-state index in [1.54, 1.807) is 6.07 Å². The summed E-state index contributed by atoms with van der Waals surface area (Å²) in [5.74, 6) is 0. The zero-order chi connectivity index (χ0) is 11.9. The fraction of sp³-hybridized carbons (Fsp3) is 0. The molecule has 0 aromatic carbocycles. The van der Waals surface area contributed by atoms with Crippen LogP contribution in [0.1, 0.15) is 0 Å². The second-order valence-corrected chi connectivity index (χ2v) is 3.48. The highest BCUT2D eigenvalue weighted by molar-refractivity contribution is 5.86. The monoisotopic (exact) mass is 239 g/mol. The molecule has 8 heteroatoms. The lowest BCUT2D eigenvalue weighted by atomic mass is 10.2. The number of fused-ring (bicyclic) bond motifs is 2. The largest absolute Gasteiger partial charge is 0.441 e. The minimum absolute atomic E-state index is 0.386. The molecule has 4 heterocycles. The zero-order valence-corrected chi connectivity index (χ0v) is 8.73. The van der Waals surface area contributed by atoms with Crippen molar-refractivity contribution in [3.05, 3.63) is 25.1 Å². The van der Waals surface area contributed by atoms with Crippen LogP contribution in [0.5, 0.6) is 0 Å². The van der Waals surface area contributed by atoms with E-state index in [2.05, 4.69) is 36.8 Å². The van der Waals surface area contributed by atoms with E-state index in [0.717, 1.165) is 0 Å². The SMILES string of the molecule is [c]1nc2nnc(-c3nncc4ncoc34)cc2o1. The van der Waals surface area contributed by atoms with E-state index in [4.69, 9.17) is 8.83 Å². The lowest BCUT2D eigenvalue weighted by molar-refractivity contribution is 0.590. The van der Waals surface area contributed by atoms with Crippen LogP contribution >= 0.6 is 0 Å². The normalized spacial score (nSPS) is 11.3. The summed E-state index contributed by atoms with van der Waals surface area (Å²) < 4.78 is 10.3. The van der Waals surface area contributed by atoms with Crippen LogP contribution in [-0.4, -0.2) is 30.4 Å². The molecule has 0 fully saturated rings. The summed E-state index contributed by atoms with van der Waals surface area (Å²) in [4.78, 5) is 7.77. The molecule has 0 amide bonds. The minimum atomic E-state index is 0.386. The van der Waals surface area contributed by atoms with Crippen LogP contribution in [0.25, 0.3) is 33.7 Å². The van der Waals surface area contributed by atoms with Crippen LogP contribution in [0.4, 0.5) is 0 Å². The van der Waals surface area contributed by atoms with Gasteiger partial charge in [0.1, 0.15) is 11.2 Å². The quantitative estimate of drug-likeness (QED) is 0.484. The van der Waals surface area contributed by atoms with Crippen LogP contribution in [0, 0.1) is 6.39 Å². The molecular formula is C10H3N6O2. The van der Waals surface area contributed by atoms with Crippen molar-refractivity contribution >= 4 is 22.3 Å². The van der Waals surface area contributed by atoms with Crippen LogP contribution in [0.15, 0.2) is 27.5 Å². The zero-order valence-electron chi connectivity index (χ0n) is 8.73. The molecule has 0 N–H and O–H groups in total. The Labute approximate surface area is 98.7 Å². The van der Waals surface area contributed by atoms with Crippen molar-refractivity contribution in [3.8, 4) is 11.4 Å². The van der Waals surface area contributed by atoms with Crippen molar-refractivity contribution in [3.63, 3.8) is 0 Å². The van der Waals surface area contributed by atoms with Crippen molar-refractivity contribution < 1.29 is 8.83 Å². The van der Waals surface area contributed by atoms with Crippen LogP contribution in [0.2, 0.25) is 0 Å². The number of hydrogen-bond acceptors (Lipinski definition) is 8. The molecule has 0 saturated carbocycles. The van der Waals surface area contributed by atoms with Crippen LogP contribution in [0.3, 0.4) is 0 Å². The first-order valence-corrected chi connectivity index (χ1v) is 4.97. The van der Waals surface area contributed by atoms with Crippen molar-refractivity contribution in [2.75, 3.05) is 0 Å². The molecule has 0 aliphatic carbocycles. The first kappa shape index (κ1) is 9.16. The predicted octanol–water partition coefficient (Wildman–Crippen LogP) is 1.02. The summed E-state index contributed by atoms with van der Waals surface area (Å²) in [7, 11) is 0. The van der Waals surface area contributed by atoms with Crippen molar-refractivity contribution in [1.82, 2.24) is 30.4 Å². The average molecular weight is 239 g/mol. The van der Waals surface area contributed by atoms with Crippen LogP contribution in [-0.2, 0) is 0 Å². The van der Waals surface area contributed by atoms with Gasteiger partial charge in [0, 0.05) is 6.07 Å². The Morgan fingerprint density at radius 3 is 3.17 bits per heavy atom. The van der Waals surface area contributed by atoms with Crippen molar-refractivity contribution in [1.29, 1.82) is 0 Å². The third-order valence-electron chi connectivity index (χ3n) is 2.44. The minimum Gasteiger partial charge on any atom is -0.441 e. The van der Waals surface area contributed by atoms with E-state index < -0.39 is 0 Å². The van der Waals surface area contributed by atoms with E-state index in [1.807, 2.05) is 0 Å². The highest BCUT2D eigenvalue weighted by Gasteiger charge is 2.14. The molecule has 1 radical (unpaired) electrons. The first-order valence-electron chi connectivity index (χ1n) is 4.97. The van der Waals surface area contributed by atoms with Gasteiger partial charge in [-0.3, -0.25) is 0 Å². The first-order chi connectivity index (χ1) is 8.92. The highest BCUT2D eigenvalue weighted by Crippen LogP contribution is 2.24. The standard InChI is InChI=1S/C10H3N6O2/c1-5(14-16-10-7(1)17-4-12-10)8-9-6(2-13-15-8)11-3-18-9/h1-3H. The smallest absolute Gasteiger partial charge is 0.286 e. The molecule has 4 aromatic heterocycles. The average Bonchev–Trinajstić information content (AvgIpc) is 3.05. The van der Waals surface area contributed by atoms with Gasteiger partial charge in [-0.1, -0.05) is 0 Å². The summed E-state index contributed by atoms with van der Waals surface area (Å²) in [5.41, 5.74) is 2.89. The third-order valence-corrected chi connectivity index (χ3v) is 2.44. The second kappa shape index (κ2) is 3.29. The van der Waals surface area contributed by atoms with Crippen molar-refractivity contribution in [2.45, 2.75) is 0 Å². The topological polar surface area (TPSA) is 104 Å². The number of aromatic nitrogens is 6. The van der Waals surface area contributed by atoms with Gasteiger partial charge in [-0.05, 0) is 0 Å². The number of rotatable bonds is 1. The van der Waals surface area contributed by atoms with Gasteiger partial charge in [0.25, 0.3) is 6.39 Å². The Kier molecular flexibility index (Phi) is 1.68. The Morgan fingerprint density at radius 2 is 2.17 bits per heavy atom. The molecule has 4 aromatic rings. The molecular weight excluding hydrogens is 236 g/mol. The highest BCUT2D eigenvalue weighted by atomic mass is 16.3. The van der Waals surface area contributed by atoms with E-state index in [1.165, 1.54) is 12.6 Å². The third kappa shape index (κ3) is 1.19. The molecule has 0 atom stereocenters. The molecule has 85 valence electrons. The molecule has 18 heavy (non-hydrogen) atoms. The summed E-state index contributed by atoms with van der Waals surface area (Å²) in [5, 5.41) is 15.7. The maximum absolute atomic E-state index is 5.26. The predicted molar refractivity (Wildman–Crippen MR) is 57.0 cm³/mol. The Bertz CT molecular complexity index is 851.